The zero-order valence-electron chi connectivity index (χ0n) is 6.81. The van der Waals surface area contributed by atoms with Gasteiger partial charge in [0.25, 0.3) is 0 Å². The zero-order chi connectivity index (χ0) is 8.23. The minimum absolute atomic E-state index is 0. The fraction of sp³-hybridized carbons (Fsp3) is 0. The number of hydrogen-bond acceptors (Lipinski definition) is 3. The Labute approximate surface area is 101 Å². The van der Waals surface area contributed by atoms with E-state index in [9.17, 15) is 0 Å². The number of benzene rings is 1. The summed E-state index contributed by atoms with van der Waals surface area (Å²) >= 11 is 0. The molecule has 0 aliphatic heterocycles. The molecule has 0 spiro atoms. The summed E-state index contributed by atoms with van der Waals surface area (Å²) in [6.07, 6.45) is 4.08. The molecule has 0 bridgehead atoms. The van der Waals surface area contributed by atoms with E-state index in [4.69, 9.17) is 0 Å². The second kappa shape index (κ2) is 5.15. The molecule has 1 heterocycles. The van der Waals surface area contributed by atoms with E-state index in [1.165, 1.54) is 6.33 Å². The van der Waals surface area contributed by atoms with Gasteiger partial charge in [-0.15, -0.1) is 12.3 Å². The summed E-state index contributed by atoms with van der Waals surface area (Å²) in [6.45, 7) is 0. The van der Waals surface area contributed by atoms with Crippen LogP contribution in [0.1, 0.15) is 0 Å². The van der Waals surface area contributed by atoms with Crippen LogP contribution in [0.5, 0.6) is 0 Å². The summed E-state index contributed by atoms with van der Waals surface area (Å²) in [5, 5.41) is 7.50. The topological polar surface area (TPSA) is 38.7 Å². The molecule has 4 heteroatoms. The summed E-state index contributed by atoms with van der Waals surface area (Å²) in [5.74, 6) is 0. The quantitative estimate of drug-likeness (QED) is 0.706. The van der Waals surface area contributed by atoms with Crippen LogP contribution < -0.4 is 0 Å². The maximum absolute atomic E-state index is 3.85. The average Bonchev–Trinajstić information content (AvgIpc) is 2.21. The Bertz CT molecular complexity index is 312. The van der Waals surface area contributed by atoms with Crippen molar-refractivity contribution < 1.29 is 32.7 Å². The molecule has 61 valence electrons. The fourth-order valence-corrected chi connectivity index (χ4v) is 0.876. The van der Waals surface area contributed by atoms with E-state index in [1.807, 2.05) is 24.3 Å². The first-order valence-electron chi connectivity index (χ1n) is 3.49. The van der Waals surface area contributed by atoms with E-state index in [1.54, 1.807) is 0 Å². The molecule has 0 saturated carbocycles. The Morgan fingerprint density at radius 3 is 2.77 bits per heavy atom. The predicted octanol–water partition coefficient (Wildman–Crippen LogP) is 1.14. The van der Waals surface area contributed by atoms with Gasteiger partial charge >= 0.3 is 0 Å². The van der Waals surface area contributed by atoms with Crippen molar-refractivity contribution in [1.29, 1.82) is 0 Å². The Hall–Kier alpha value is -0.666. The monoisotopic (exact) mass is 244 g/mol. The van der Waals surface area contributed by atoms with Gasteiger partial charge in [-0.3, -0.25) is 0 Å². The van der Waals surface area contributed by atoms with E-state index in [0.29, 0.717) is 5.69 Å². The molecule has 0 aliphatic carbocycles. The van der Waals surface area contributed by atoms with Crippen LogP contribution >= 0.6 is 0 Å². The largest absolute Gasteiger partial charge is 0.382 e. The molecule has 13 heavy (non-hydrogen) atoms. The molecule has 0 fully saturated rings. The van der Waals surface area contributed by atoms with Crippen LogP contribution in [0.2, 0.25) is 0 Å². The summed E-state index contributed by atoms with van der Waals surface area (Å²) in [7, 11) is 0. The van der Waals surface area contributed by atoms with Crippen molar-refractivity contribution in [2.24, 2.45) is 0 Å². The smallest absolute Gasteiger partial charge is 0.0349 e. The van der Waals surface area contributed by atoms with Crippen molar-refractivity contribution in [3.8, 4) is 11.3 Å². The Kier molecular flexibility index (Phi) is 4.12. The van der Waals surface area contributed by atoms with Gasteiger partial charge in [0, 0.05) is 39.0 Å². The molecule has 1 aromatic carbocycles. The third kappa shape index (κ3) is 2.64. The van der Waals surface area contributed by atoms with Gasteiger partial charge in [0.1, 0.15) is 0 Å². The fourth-order valence-electron chi connectivity index (χ4n) is 0.876. The first kappa shape index (κ1) is 10.4. The van der Waals surface area contributed by atoms with Crippen molar-refractivity contribution in [2.75, 3.05) is 0 Å². The molecule has 0 atom stereocenters. The van der Waals surface area contributed by atoms with E-state index < -0.39 is 0 Å². The van der Waals surface area contributed by atoms with Gasteiger partial charge in [-0.1, -0.05) is 5.69 Å². The second-order valence-corrected chi connectivity index (χ2v) is 2.20. The van der Waals surface area contributed by atoms with Gasteiger partial charge in [-0.05, 0) is 0 Å². The molecule has 1 radical (unpaired) electrons. The third-order valence-electron chi connectivity index (χ3n) is 1.40. The maximum atomic E-state index is 3.85. The molecule has 0 N–H and O–H groups in total. The van der Waals surface area contributed by atoms with Gasteiger partial charge in [0.2, 0.25) is 0 Å². The number of rotatable bonds is 1. The van der Waals surface area contributed by atoms with E-state index in [-0.39, 0.29) is 32.7 Å². The molecule has 2 rings (SSSR count). The van der Waals surface area contributed by atoms with Crippen molar-refractivity contribution in [1.82, 2.24) is 15.2 Å². The van der Waals surface area contributed by atoms with E-state index >= 15 is 0 Å². The predicted molar refractivity (Wildman–Crippen MR) is 42.9 cm³/mol. The van der Waals surface area contributed by atoms with Crippen LogP contribution in [0, 0.1) is 12.3 Å². The summed E-state index contributed by atoms with van der Waals surface area (Å²) < 4.78 is 0. The minimum Gasteiger partial charge on any atom is -0.382 e. The molecule has 2 aromatic rings. The van der Waals surface area contributed by atoms with Crippen molar-refractivity contribution in [3.63, 3.8) is 0 Å². The molecule has 3 nitrogen and oxygen atoms in total. The maximum Gasteiger partial charge on any atom is 0.0349 e. The summed E-state index contributed by atoms with van der Waals surface area (Å²) in [6, 6.07) is 10.5. The van der Waals surface area contributed by atoms with Crippen molar-refractivity contribution in [2.45, 2.75) is 0 Å². The van der Waals surface area contributed by atoms with Gasteiger partial charge in [-0.25, -0.2) is 21.8 Å². The van der Waals surface area contributed by atoms with Gasteiger partial charge < -0.3 is 4.98 Å². The number of hydrogen-bond donors (Lipinski definition) is 0. The molecule has 0 amide bonds. The van der Waals surface area contributed by atoms with Crippen molar-refractivity contribution in [3.05, 3.63) is 42.9 Å². The Morgan fingerprint density at radius 1 is 1.23 bits per heavy atom. The van der Waals surface area contributed by atoms with E-state index in [0.717, 1.165) is 5.56 Å². The average molecular weight is 244 g/mol. The molecular weight excluding hydrogens is 239 g/mol. The van der Waals surface area contributed by atoms with Crippen LogP contribution in [-0.4, -0.2) is 15.2 Å². The zero-order valence-corrected chi connectivity index (χ0v) is 9.64. The second-order valence-electron chi connectivity index (χ2n) is 2.20. The van der Waals surface area contributed by atoms with Crippen LogP contribution in [0.4, 0.5) is 0 Å². The Morgan fingerprint density at radius 2 is 2.15 bits per heavy atom. The summed E-state index contributed by atoms with van der Waals surface area (Å²) in [4.78, 5) is 3.74. The molecular formula is C9H5N3Y-2. The molecule has 0 saturated heterocycles. The Balaban J connectivity index is 0.000000845. The molecule has 0 unspecified atom stereocenters. The van der Waals surface area contributed by atoms with E-state index in [2.05, 4.69) is 27.4 Å². The van der Waals surface area contributed by atoms with Gasteiger partial charge in [0.05, 0.1) is 0 Å². The summed E-state index contributed by atoms with van der Waals surface area (Å²) in [5.41, 5.74) is 1.48. The van der Waals surface area contributed by atoms with Crippen LogP contribution in [-0.2, 0) is 32.7 Å². The van der Waals surface area contributed by atoms with Crippen LogP contribution in [0.15, 0.2) is 30.6 Å². The van der Waals surface area contributed by atoms with Crippen LogP contribution in [0.3, 0.4) is 0 Å². The van der Waals surface area contributed by atoms with Crippen LogP contribution in [0.25, 0.3) is 11.3 Å². The molecule has 0 aliphatic rings. The molecule has 1 aromatic heterocycles. The standard InChI is InChI=1S/C9H5N3.Y/c1-2-4-8(5-3-1)9-6-10-7-11-12-9;/h1-4,7H;/q-2;. The number of aromatic nitrogens is 3. The third-order valence-corrected chi connectivity index (χ3v) is 1.40. The number of nitrogens with zero attached hydrogens (tertiary/aromatic N) is 3. The minimum atomic E-state index is 0. The van der Waals surface area contributed by atoms with Crippen molar-refractivity contribution >= 4 is 0 Å². The first-order chi connectivity index (χ1) is 5.97. The normalized spacial score (nSPS) is 8.92. The van der Waals surface area contributed by atoms with Gasteiger partial charge in [0.15, 0.2) is 0 Å². The van der Waals surface area contributed by atoms with Gasteiger partial charge in [-0.2, -0.15) is 18.2 Å². The first-order valence-corrected chi connectivity index (χ1v) is 3.49. The SMILES string of the molecule is [Y].[c-]1ccccc1-c1[c-]ncnn1.